The highest BCUT2D eigenvalue weighted by Crippen LogP contribution is 2.28. The number of pyridine rings is 1. The number of piperidine rings is 1. The van der Waals surface area contributed by atoms with E-state index < -0.39 is 0 Å². The van der Waals surface area contributed by atoms with Crippen molar-refractivity contribution < 1.29 is 4.79 Å². The van der Waals surface area contributed by atoms with Crippen molar-refractivity contribution in [2.45, 2.75) is 45.1 Å². The number of hydrogen-bond donors (Lipinski definition) is 2. The predicted molar refractivity (Wildman–Crippen MR) is 146 cm³/mol. The fourth-order valence-corrected chi connectivity index (χ4v) is 4.46. The second-order valence-corrected chi connectivity index (χ2v) is 8.38. The summed E-state index contributed by atoms with van der Waals surface area (Å²) in [5.41, 5.74) is 2.35. The molecule has 0 saturated carbocycles. The third-order valence-electron chi connectivity index (χ3n) is 6.16. The lowest BCUT2D eigenvalue weighted by molar-refractivity contribution is -0.118. The van der Waals surface area contributed by atoms with Crippen LogP contribution in [0.1, 0.15) is 38.2 Å². The molecule has 8 heteroatoms. The second kappa shape index (κ2) is 12.8. The number of para-hydroxylation sites is 1. The number of benzene rings is 1. The van der Waals surface area contributed by atoms with Gasteiger partial charge in [-0.05, 0) is 56.4 Å². The molecule has 1 amide bonds. The van der Waals surface area contributed by atoms with E-state index in [4.69, 9.17) is 4.99 Å². The molecule has 1 aromatic heterocycles. The van der Waals surface area contributed by atoms with Crippen molar-refractivity contribution >= 4 is 47.3 Å². The smallest absolute Gasteiger partial charge is 0.227 e. The zero-order valence-corrected chi connectivity index (χ0v) is 21.7. The van der Waals surface area contributed by atoms with E-state index in [2.05, 4.69) is 39.6 Å². The standard InChI is InChI=1S/C25H34N6O.HI/c1-2-26-25(29-21-13-17-30(18-14-21)23-10-5-6-15-27-23)28-16-7-11-24(32)31-19-12-20-8-3-4-9-22(20)31;/h3-6,8-10,15,21H,2,7,11-14,16-19H2,1H3,(H2,26,28,29);1H. The van der Waals surface area contributed by atoms with Crippen LogP contribution in [0.3, 0.4) is 0 Å². The Hall–Kier alpha value is -2.36. The lowest BCUT2D eigenvalue weighted by Gasteiger charge is -2.33. The summed E-state index contributed by atoms with van der Waals surface area (Å²) in [6.07, 6.45) is 6.18. The number of guanidine groups is 1. The molecule has 2 N–H and O–H groups in total. The summed E-state index contributed by atoms with van der Waals surface area (Å²) in [6, 6.07) is 14.7. The summed E-state index contributed by atoms with van der Waals surface area (Å²) in [6.45, 7) is 6.31. The Kier molecular flexibility index (Phi) is 9.77. The van der Waals surface area contributed by atoms with Crippen molar-refractivity contribution in [3.63, 3.8) is 0 Å². The summed E-state index contributed by atoms with van der Waals surface area (Å²) in [7, 11) is 0. The van der Waals surface area contributed by atoms with Crippen LogP contribution >= 0.6 is 24.0 Å². The Balaban J connectivity index is 0.00000306. The highest BCUT2D eigenvalue weighted by Gasteiger charge is 2.23. The van der Waals surface area contributed by atoms with Gasteiger partial charge in [0.05, 0.1) is 0 Å². The Morgan fingerprint density at radius 1 is 1.12 bits per heavy atom. The number of fused-ring (bicyclic) bond motifs is 1. The summed E-state index contributed by atoms with van der Waals surface area (Å²) < 4.78 is 0. The predicted octanol–water partition coefficient (Wildman–Crippen LogP) is 3.59. The van der Waals surface area contributed by atoms with E-state index >= 15 is 0 Å². The van der Waals surface area contributed by atoms with Gasteiger partial charge in [0.15, 0.2) is 5.96 Å². The first-order chi connectivity index (χ1) is 15.7. The molecule has 3 heterocycles. The third kappa shape index (κ3) is 6.82. The highest BCUT2D eigenvalue weighted by molar-refractivity contribution is 14.0. The van der Waals surface area contributed by atoms with Gasteiger partial charge in [0.1, 0.15) is 5.82 Å². The number of aliphatic imine (C=N–C) groups is 1. The monoisotopic (exact) mass is 562 g/mol. The number of hydrogen-bond acceptors (Lipinski definition) is 4. The second-order valence-electron chi connectivity index (χ2n) is 8.38. The molecule has 1 fully saturated rings. The minimum absolute atomic E-state index is 0. The largest absolute Gasteiger partial charge is 0.357 e. The molecule has 2 aromatic rings. The van der Waals surface area contributed by atoms with Crippen molar-refractivity contribution in [1.82, 2.24) is 15.6 Å². The Labute approximate surface area is 214 Å². The number of nitrogens with zero attached hydrogens (tertiary/aromatic N) is 4. The molecular weight excluding hydrogens is 527 g/mol. The van der Waals surface area contributed by atoms with E-state index in [1.807, 2.05) is 41.4 Å². The Bertz CT molecular complexity index is 914. The zero-order chi connectivity index (χ0) is 22.2. The molecule has 0 radical (unpaired) electrons. The molecule has 2 aliphatic heterocycles. The van der Waals surface area contributed by atoms with Crippen LogP contribution in [-0.2, 0) is 11.2 Å². The van der Waals surface area contributed by atoms with Crippen molar-refractivity contribution in [1.29, 1.82) is 0 Å². The number of anilines is 2. The molecule has 0 spiro atoms. The third-order valence-corrected chi connectivity index (χ3v) is 6.16. The maximum absolute atomic E-state index is 12.7. The van der Waals surface area contributed by atoms with E-state index in [0.29, 0.717) is 19.0 Å². The molecule has 0 bridgehead atoms. The van der Waals surface area contributed by atoms with Gasteiger partial charge in [-0.2, -0.15) is 0 Å². The van der Waals surface area contributed by atoms with Gasteiger partial charge in [-0.25, -0.2) is 4.98 Å². The van der Waals surface area contributed by atoms with Crippen LogP contribution in [0.5, 0.6) is 0 Å². The van der Waals surface area contributed by atoms with Crippen LogP contribution in [0.15, 0.2) is 53.7 Å². The average molecular weight is 563 g/mol. The van der Waals surface area contributed by atoms with Crippen molar-refractivity contribution in [3.8, 4) is 0 Å². The van der Waals surface area contributed by atoms with E-state index in [-0.39, 0.29) is 29.9 Å². The molecule has 1 saturated heterocycles. The van der Waals surface area contributed by atoms with Gasteiger partial charge in [-0.3, -0.25) is 9.79 Å². The molecular formula is C25H35IN6O. The quantitative estimate of drug-likeness (QED) is 0.234. The molecule has 0 aliphatic carbocycles. The summed E-state index contributed by atoms with van der Waals surface area (Å²) in [5, 5.41) is 6.93. The fourth-order valence-electron chi connectivity index (χ4n) is 4.46. The maximum atomic E-state index is 12.7. The fraction of sp³-hybridized carbons (Fsp3) is 0.480. The molecule has 33 heavy (non-hydrogen) atoms. The lowest BCUT2D eigenvalue weighted by atomic mass is 10.1. The van der Waals surface area contributed by atoms with Crippen LogP contribution in [0, 0.1) is 0 Å². The van der Waals surface area contributed by atoms with E-state index in [9.17, 15) is 4.79 Å². The van der Waals surface area contributed by atoms with Crippen LogP contribution in [0.4, 0.5) is 11.5 Å². The van der Waals surface area contributed by atoms with Crippen LogP contribution in [0.25, 0.3) is 0 Å². The number of rotatable bonds is 7. The number of carbonyl (C=O) groups is 1. The van der Waals surface area contributed by atoms with Crippen molar-refractivity contribution in [3.05, 3.63) is 54.2 Å². The summed E-state index contributed by atoms with van der Waals surface area (Å²) in [5.74, 6) is 2.10. The number of amides is 1. The molecule has 4 rings (SSSR count). The molecule has 2 aliphatic rings. The van der Waals surface area contributed by atoms with Gasteiger partial charge in [0, 0.05) is 57.1 Å². The SMILES string of the molecule is CCNC(=NCCCC(=O)N1CCc2ccccc21)NC1CCN(c2ccccn2)CC1.I. The normalized spacial score (nSPS) is 16.2. The van der Waals surface area contributed by atoms with Crippen molar-refractivity contribution in [2.75, 3.05) is 42.5 Å². The van der Waals surface area contributed by atoms with Gasteiger partial charge in [-0.1, -0.05) is 24.3 Å². The van der Waals surface area contributed by atoms with Crippen LogP contribution < -0.4 is 20.4 Å². The van der Waals surface area contributed by atoms with E-state index in [0.717, 1.165) is 69.3 Å². The maximum Gasteiger partial charge on any atom is 0.227 e. The Morgan fingerprint density at radius 3 is 2.67 bits per heavy atom. The van der Waals surface area contributed by atoms with E-state index in [1.54, 1.807) is 0 Å². The van der Waals surface area contributed by atoms with Gasteiger partial charge in [0.2, 0.25) is 5.91 Å². The van der Waals surface area contributed by atoms with Gasteiger partial charge in [0.25, 0.3) is 0 Å². The summed E-state index contributed by atoms with van der Waals surface area (Å²) >= 11 is 0. The van der Waals surface area contributed by atoms with Gasteiger partial charge in [-0.15, -0.1) is 24.0 Å². The highest BCUT2D eigenvalue weighted by atomic mass is 127. The minimum Gasteiger partial charge on any atom is -0.357 e. The first-order valence-electron chi connectivity index (χ1n) is 11.8. The molecule has 1 aromatic carbocycles. The summed E-state index contributed by atoms with van der Waals surface area (Å²) in [4.78, 5) is 26.1. The zero-order valence-electron chi connectivity index (χ0n) is 19.4. The number of aromatic nitrogens is 1. The van der Waals surface area contributed by atoms with Crippen molar-refractivity contribution in [2.24, 2.45) is 4.99 Å². The van der Waals surface area contributed by atoms with Gasteiger partial charge >= 0.3 is 0 Å². The lowest BCUT2D eigenvalue weighted by Crippen LogP contribution is -2.49. The topological polar surface area (TPSA) is 72.9 Å². The van der Waals surface area contributed by atoms with Crippen LogP contribution in [0.2, 0.25) is 0 Å². The number of halogens is 1. The van der Waals surface area contributed by atoms with E-state index in [1.165, 1.54) is 5.56 Å². The first kappa shape index (κ1) is 25.3. The molecule has 0 atom stereocenters. The molecule has 178 valence electrons. The first-order valence-corrected chi connectivity index (χ1v) is 11.8. The Morgan fingerprint density at radius 2 is 1.91 bits per heavy atom. The number of carbonyl (C=O) groups excluding carboxylic acids is 1. The average Bonchev–Trinajstić information content (AvgIpc) is 3.27. The minimum atomic E-state index is 0. The van der Waals surface area contributed by atoms with Crippen LogP contribution in [-0.4, -0.2) is 55.6 Å². The molecule has 0 unspecified atom stereocenters. The number of nitrogens with one attached hydrogen (secondary N) is 2. The molecule has 7 nitrogen and oxygen atoms in total. The van der Waals surface area contributed by atoms with Gasteiger partial charge < -0.3 is 20.4 Å².